The average Bonchev–Trinajstić information content (AvgIpc) is 2.96. The minimum atomic E-state index is 0.246. The molecular formula is C19H28N4O. The Bertz CT molecular complexity index is 556. The van der Waals surface area contributed by atoms with Crippen LogP contribution in [0.4, 0.5) is 0 Å². The van der Waals surface area contributed by atoms with Gasteiger partial charge in [-0.05, 0) is 18.9 Å². The van der Waals surface area contributed by atoms with Crippen molar-refractivity contribution in [1.29, 1.82) is 0 Å². The van der Waals surface area contributed by atoms with Gasteiger partial charge >= 0.3 is 0 Å². The van der Waals surface area contributed by atoms with E-state index in [9.17, 15) is 4.79 Å². The zero-order valence-electron chi connectivity index (χ0n) is 14.5. The Morgan fingerprint density at radius 1 is 1.38 bits per heavy atom. The summed E-state index contributed by atoms with van der Waals surface area (Å²) in [5.41, 5.74) is 1.27. The lowest BCUT2D eigenvalue weighted by Gasteiger charge is -2.16. The predicted octanol–water partition coefficient (Wildman–Crippen LogP) is 1.82. The largest absolute Gasteiger partial charge is 0.357 e. The first-order valence-electron chi connectivity index (χ1n) is 8.67. The number of guanidine groups is 1. The molecule has 5 heteroatoms. The highest BCUT2D eigenvalue weighted by atomic mass is 16.2. The van der Waals surface area contributed by atoms with Crippen LogP contribution in [0.1, 0.15) is 18.9 Å². The average molecular weight is 328 g/mol. The number of nitrogens with one attached hydrogen (secondary N) is 2. The number of carbonyl (C=O) groups excluding carboxylic acids is 1. The molecule has 1 amide bonds. The molecule has 1 atom stereocenters. The molecule has 0 spiro atoms. The molecule has 0 radical (unpaired) electrons. The molecule has 1 aliphatic heterocycles. The summed E-state index contributed by atoms with van der Waals surface area (Å²) >= 11 is 0. The molecule has 0 saturated carbocycles. The topological polar surface area (TPSA) is 56.7 Å². The number of carbonyl (C=O) groups is 1. The van der Waals surface area contributed by atoms with Crippen LogP contribution < -0.4 is 10.6 Å². The standard InChI is InChI=1S/C19H28N4O/c1-3-11-21-19(20-4-2)22-14-17-13-18(24)23(15-17)12-10-16-8-6-5-7-9-16/h3,5-9,17H,1,4,10-15H2,2H3,(H2,20,21,22). The zero-order chi connectivity index (χ0) is 17.2. The first-order valence-corrected chi connectivity index (χ1v) is 8.67. The number of aliphatic imine (C=N–C) groups is 1. The van der Waals surface area contributed by atoms with Crippen LogP contribution in [-0.4, -0.2) is 49.5 Å². The number of hydrogen-bond donors (Lipinski definition) is 2. The third kappa shape index (κ3) is 5.72. The molecule has 2 rings (SSSR count). The molecule has 0 aromatic heterocycles. The van der Waals surface area contributed by atoms with Crippen molar-refractivity contribution < 1.29 is 4.79 Å². The minimum Gasteiger partial charge on any atom is -0.357 e. The SMILES string of the molecule is C=CCNC(=NCC1CC(=O)N(CCc2ccccc2)C1)NCC. The van der Waals surface area contributed by atoms with E-state index in [0.717, 1.165) is 32.0 Å². The van der Waals surface area contributed by atoms with Crippen LogP contribution in [-0.2, 0) is 11.2 Å². The Hall–Kier alpha value is -2.30. The van der Waals surface area contributed by atoms with Gasteiger partial charge in [-0.1, -0.05) is 36.4 Å². The molecule has 5 nitrogen and oxygen atoms in total. The normalized spacial score (nSPS) is 17.9. The molecule has 0 bridgehead atoms. The van der Waals surface area contributed by atoms with Crippen LogP contribution in [0.2, 0.25) is 0 Å². The fraction of sp³-hybridized carbons (Fsp3) is 0.474. The van der Waals surface area contributed by atoms with Gasteiger partial charge in [0.2, 0.25) is 5.91 Å². The Morgan fingerprint density at radius 3 is 2.88 bits per heavy atom. The van der Waals surface area contributed by atoms with E-state index in [1.54, 1.807) is 6.08 Å². The van der Waals surface area contributed by atoms with Crippen molar-refractivity contribution in [2.75, 3.05) is 32.7 Å². The zero-order valence-corrected chi connectivity index (χ0v) is 14.5. The number of amides is 1. The molecule has 130 valence electrons. The summed E-state index contributed by atoms with van der Waals surface area (Å²) in [5, 5.41) is 6.39. The van der Waals surface area contributed by atoms with Crippen molar-refractivity contribution in [2.45, 2.75) is 19.8 Å². The van der Waals surface area contributed by atoms with Gasteiger partial charge in [-0.3, -0.25) is 9.79 Å². The molecule has 2 N–H and O–H groups in total. The maximum Gasteiger partial charge on any atom is 0.223 e. The highest BCUT2D eigenvalue weighted by molar-refractivity contribution is 5.80. The summed E-state index contributed by atoms with van der Waals surface area (Å²) < 4.78 is 0. The summed E-state index contributed by atoms with van der Waals surface area (Å²) in [6.07, 6.45) is 3.31. The molecule has 0 aliphatic carbocycles. The van der Waals surface area contributed by atoms with Gasteiger partial charge in [0.15, 0.2) is 5.96 Å². The maximum atomic E-state index is 12.2. The van der Waals surface area contributed by atoms with Crippen LogP contribution in [0, 0.1) is 5.92 Å². The highest BCUT2D eigenvalue weighted by Gasteiger charge is 2.28. The molecule has 1 fully saturated rings. The van der Waals surface area contributed by atoms with E-state index in [4.69, 9.17) is 0 Å². The molecule has 1 aromatic carbocycles. The van der Waals surface area contributed by atoms with Gasteiger partial charge in [0.05, 0.1) is 0 Å². The van der Waals surface area contributed by atoms with Gasteiger partial charge in [0, 0.05) is 45.1 Å². The van der Waals surface area contributed by atoms with Gasteiger partial charge < -0.3 is 15.5 Å². The van der Waals surface area contributed by atoms with Crippen molar-refractivity contribution in [1.82, 2.24) is 15.5 Å². The third-order valence-electron chi connectivity index (χ3n) is 4.07. The summed E-state index contributed by atoms with van der Waals surface area (Å²) in [6.45, 7) is 9.49. The fourth-order valence-corrected chi connectivity index (χ4v) is 2.83. The lowest BCUT2D eigenvalue weighted by atomic mass is 10.1. The molecule has 1 saturated heterocycles. The van der Waals surface area contributed by atoms with Crippen LogP contribution >= 0.6 is 0 Å². The smallest absolute Gasteiger partial charge is 0.223 e. The monoisotopic (exact) mass is 328 g/mol. The second-order valence-electron chi connectivity index (χ2n) is 6.03. The molecule has 1 aliphatic rings. The highest BCUT2D eigenvalue weighted by Crippen LogP contribution is 2.18. The van der Waals surface area contributed by atoms with Crippen LogP contribution in [0.3, 0.4) is 0 Å². The fourth-order valence-electron chi connectivity index (χ4n) is 2.83. The van der Waals surface area contributed by atoms with Gasteiger partial charge in [-0.15, -0.1) is 6.58 Å². The van der Waals surface area contributed by atoms with E-state index < -0.39 is 0 Å². The van der Waals surface area contributed by atoms with Gasteiger partial charge in [0.1, 0.15) is 0 Å². The van der Waals surface area contributed by atoms with Gasteiger partial charge in [-0.2, -0.15) is 0 Å². The Labute approximate surface area is 144 Å². The Morgan fingerprint density at radius 2 is 2.17 bits per heavy atom. The van der Waals surface area contributed by atoms with Crippen molar-refractivity contribution in [3.8, 4) is 0 Å². The van der Waals surface area contributed by atoms with E-state index in [2.05, 4.69) is 34.3 Å². The Balaban J connectivity index is 1.81. The second kappa shape index (κ2) is 9.75. The molecule has 1 unspecified atom stereocenters. The van der Waals surface area contributed by atoms with Crippen molar-refractivity contribution in [2.24, 2.45) is 10.9 Å². The van der Waals surface area contributed by atoms with E-state index >= 15 is 0 Å². The molecule has 24 heavy (non-hydrogen) atoms. The first-order chi connectivity index (χ1) is 11.7. The second-order valence-corrected chi connectivity index (χ2v) is 6.03. The lowest BCUT2D eigenvalue weighted by Crippen LogP contribution is -2.37. The summed E-state index contributed by atoms with van der Waals surface area (Å²) in [6, 6.07) is 10.3. The van der Waals surface area contributed by atoms with Crippen molar-refractivity contribution in [3.05, 3.63) is 48.6 Å². The first kappa shape index (κ1) is 18.0. The summed E-state index contributed by atoms with van der Waals surface area (Å²) in [7, 11) is 0. The number of rotatable bonds is 8. The van der Waals surface area contributed by atoms with Crippen LogP contribution in [0.25, 0.3) is 0 Å². The summed E-state index contributed by atoms with van der Waals surface area (Å²) in [5.74, 6) is 1.33. The maximum absolute atomic E-state index is 12.2. The van der Waals surface area contributed by atoms with Gasteiger partial charge in [0.25, 0.3) is 0 Å². The lowest BCUT2D eigenvalue weighted by molar-refractivity contribution is -0.127. The number of hydrogen-bond acceptors (Lipinski definition) is 2. The number of likely N-dealkylation sites (tertiary alicyclic amines) is 1. The molecule has 1 heterocycles. The minimum absolute atomic E-state index is 0.246. The predicted molar refractivity (Wildman–Crippen MR) is 99.0 cm³/mol. The van der Waals surface area contributed by atoms with E-state index in [0.29, 0.717) is 25.4 Å². The quantitative estimate of drug-likeness (QED) is 0.435. The molecular weight excluding hydrogens is 300 g/mol. The van der Waals surface area contributed by atoms with E-state index in [-0.39, 0.29) is 5.91 Å². The molecule has 1 aromatic rings. The van der Waals surface area contributed by atoms with Crippen LogP contribution in [0.5, 0.6) is 0 Å². The van der Waals surface area contributed by atoms with E-state index in [1.165, 1.54) is 5.56 Å². The van der Waals surface area contributed by atoms with Gasteiger partial charge in [-0.25, -0.2) is 0 Å². The van der Waals surface area contributed by atoms with Crippen LogP contribution in [0.15, 0.2) is 48.0 Å². The number of nitrogens with zero attached hydrogens (tertiary/aromatic N) is 2. The van der Waals surface area contributed by atoms with Crippen molar-refractivity contribution >= 4 is 11.9 Å². The summed E-state index contributed by atoms with van der Waals surface area (Å²) in [4.78, 5) is 18.7. The third-order valence-corrected chi connectivity index (χ3v) is 4.07. The Kier molecular flexibility index (Phi) is 7.33. The number of benzene rings is 1. The van der Waals surface area contributed by atoms with Crippen molar-refractivity contribution in [3.63, 3.8) is 0 Å². The van der Waals surface area contributed by atoms with E-state index in [1.807, 2.05) is 30.0 Å².